The summed E-state index contributed by atoms with van der Waals surface area (Å²) in [6.45, 7) is 2.74. The van der Waals surface area contributed by atoms with E-state index in [9.17, 15) is 4.79 Å². The fourth-order valence-electron chi connectivity index (χ4n) is 5.20. The molecule has 198 valence electrons. The van der Waals surface area contributed by atoms with Gasteiger partial charge in [0, 0.05) is 36.0 Å². The predicted molar refractivity (Wildman–Crippen MR) is 153 cm³/mol. The molecule has 5 aromatic rings. The Labute approximate surface area is 230 Å². The molecule has 0 amide bonds. The molecule has 1 saturated heterocycles. The molecule has 1 N–H and O–H groups in total. The van der Waals surface area contributed by atoms with Crippen LogP contribution in [-0.4, -0.2) is 59.1 Å². The number of ketones is 1. The first-order valence-electron chi connectivity index (χ1n) is 13.3. The molecule has 0 aliphatic carbocycles. The number of para-hydroxylation sites is 1. The Morgan fingerprint density at radius 1 is 0.875 bits per heavy atom. The third kappa shape index (κ3) is 4.60. The van der Waals surface area contributed by atoms with E-state index in [4.69, 9.17) is 19.1 Å². The minimum atomic E-state index is -0.890. The molecule has 1 atom stereocenters. The SMILES string of the molecule is O=C1Cc2ccccc2C(c2ccccc2)=N[C@@H]1Nc1nnc(-c2nc3ccccc3cc2N2CCOCC2)o1. The van der Waals surface area contributed by atoms with E-state index in [2.05, 4.69) is 26.5 Å². The number of pyridine rings is 1. The third-order valence-electron chi connectivity index (χ3n) is 7.19. The van der Waals surface area contributed by atoms with Gasteiger partial charge in [0.2, 0.25) is 0 Å². The molecule has 0 radical (unpaired) electrons. The van der Waals surface area contributed by atoms with E-state index in [1.54, 1.807) is 0 Å². The summed E-state index contributed by atoms with van der Waals surface area (Å²) in [6.07, 6.45) is -0.651. The first kappa shape index (κ1) is 24.2. The molecule has 0 unspecified atom stereocenters. The summed E-state index contributed by atoms with van der Waals surface area (Å²) in [5.41, 5.74) is 5.87. The van der Waals surface area contributed by atoms with Crippen molar-refractivity contribution < 1.29 is 13.9 Å². The highest BCUT2D eigenvalue weighted by Gasteiger charge is 2.28. The van der Waals surface area contributed by atoms with Crippen LogP contribution in [0.3, 0.4) is 0 Å². The van der Waals surface area contributed by atoms with Crippen LogP contribution in [0.4, 0.5) is 11.7 Å². The molecule has 0 spiro atoms. The predicted octanol–water partition coefficient (Wildman–Crippen LogP) is 4.52. The molecule has 9 nitrogen and oxygen atoms in total. The van der Waals surface area contributed by atoms with Crippen molar-refractivity contribution in [2.75, 3.05) is 36.5 Å². The lowest BCUT2D eigenvalue weighted by atomic mass is 9.96. The second-order valence-electron chi connectivity index (χ2n) is 9.75. The lowest BCUT2D eigenvalue weighted by Gasteiger charge is -2.29. The van der Waals surface area contributed by atoms with Gasteiger partial charge in [-0.3, -0.25) is 9.79 Å². The fourth-order valence-corrected chi connectivity index (χ4v) is 5.20. The van der Waals surface area contributed by atoms with Gasteiger partial charge in [0.05, 0.1) is 30.1 Å². The van der Waals surface area contributed by atoms with Crippen molar-refractivity contribution in [1.29, 1.82) is 0 Å². The number of rotatable bonds is 5. The summed E-state index contributed by atoms with van der Waals surface area (Å²) < 4.78 is 11.6. The number of hydrogen-bond acceptors (Lipinski definition) is 9. The molecule has 40 heavy (non-hydrogen) atoms. The van der Waals surface area contributed by atoms with Crippen LogP contribution in [-0.2, 0) is 16.0 Å². The number of Topliss-reactive ketones (excluding diaryl/α,β-unsaturated/α-hetero) is 1. The fraction of sp³-hybridized carbons (Fsp3) is 0.194. The van der Waals surface area contributed by atoms with Crippen LogP contribution in [0.25, 0.3) is 22.5 Å². The molecule has 1 fully saturated rings. The van der Waals surface area contributed by atoms with Crippen molar-refractivity contribution >= 4 is 34.1 Å². The zero-order valence-corrected chi connectivity index (χ0v) is 21.7. The van der Waals surface area contributed by atoms with E-state index in [-0.39, 0.29) is 24.1 Å². The number of aromatic nitrogens is 3. The van der Waals surface area contributed by atoms with Crippen LogP contribution in [0.5, 0.6) is 0 Å². The maximum Gasteiger partial charge on any atom is 0.317 e. The molecule has 7 rings (SSSR count). The standard InChI is InChI=1S/C31H26N6O3/c38-26-19-21-10-4-6-12-23(21)27(20-8-2-1-3-9-20)33-29(26)34-31-36-35-30(40-31)28-25(37-14-16-39-17-15-37)18-22-11-5-7-13-24(22)32-28/h1-13,18,29H,14-17,19H2,(H,34,36)/t29-/m1/s1. The summed E-state index contributed by atoms with van der Waals surface area (Å²) >= 11 is 0. The summed E-state index contributed by atoms with van der Waals surface area (Å²) in [5.74, 6) is 0.183. The van der Waals surface area contributed by atoms with Gasteiger partial charge >= 0.3 is 6.01 Å². The number of aliphatic imine (C=N–C) groups is 1. The van der Waals surface area contributed by atoms with Gasteiger partial charge in [-0.05, 0) is 17.7 Å². The monoisotopic (exact) mass is 530 g/mol. The number of carbonyl (C=O) groups excluding carboxylic acids is 1. The number of benzene rings is 3. The van der Waals surface area contributed by atoms with Gasteiger partial charge in [0.15, 0.2) is 17.6 Å². The van der Waals surface area contributed by atoms with Crippen LogP contribution in [0.15, 0.2) is 94.3 Å². The smallest absolute Gasteiger partial charge is 0.317 e. The molecule has 2 aliphatic rings. The average Bonchev–Trinajstić information content (AvgIpc) is 3.43. The zero-order valence-electron chi connectivity index (χ0n) is 21.7. The van der Waals surface area contributed by atoms with Crippen LogP contribution in [0, 0.1) is 0 Å². The molecular weight excluding hydrogens is 504 g/mol. The van der Waals surface area contributed by atoms with Gasteiger partial charge in [0.25, 0.3) is 5.89 Å². The summed E-state index contributed by atoms with van der Waals surface area (Å²) in [4.78, 5) is 25.3. The Morgan fingerprint density at radius 2 is 1.65 bits per heavy atom. The average molecular weight is 531 g/mol. The van der Waals surface area contributed by atoms with Crippen LogP contribution in [0.1, 0.15) is 16.7 Å². The number of nitrogens with one attached hydrogen (secondary N) is 1. The van der Waals surface area contributed by atoms with Crippen molar-refractivity contribution in [3.8, 4) is 11.6 Å². The maximum absolute atomic E-state index is 13.4. The highest BCUT2D eigenvalue weighted by molar-refractivity contribution is 6.16. The minimum Gasteiger partial charge on any atom is -0.402 e. The van der Waals surface area contributed by atoms with Gasteiger partial charge in [-0.25, -0.2) is 4.98 Å². The molecular formula is C31H26N6O3. The van der Waals surface area contributed by atoms with Crippen LogP contribution >= 0.6 is 0 Å². The maximum atomic E-state index is 13.4. The molecule has 2 aliphatic heterocycles. The number of anilines is 2. The Bertz CT molecular complexity index is 1730. The lowest BCUT2D eigenvalue weighted by molar-refractivity contribution is -0.119. The number of fused-ring (bicyclic) bond motifs is 2. The van der Waals surface area contributed by atoms with Crippen molar-refractivity contribution in [2.24, 2.45) is 4.99 Å². The van der Waals surface area contributed by atoms with Crippen LogP contribution in [0.2, 0.25) is 0 Å². The van der Waals surface area contributed by atoms with Gasteiger partial charge in [-0.1, -0.05) is 77.9 Å². The number of nitrogens with zero attached hydrogens (tertiary/aromatic N) is 5. The van der Waals surface area contributed by atoms with Crippen molar-refractivity contribution in [3.63, 3.8) is 0 Å². The first-order chi connectivity index (χ1) is 19.7. The van der Waals surface area contributed by atoms with Crippen molar-refractivity contribution in [2.45, 2.75) is 12.6 Å². The molecule has 0 bridgehead atoms. The largest absolute Gasteiger partial charge is 0.402 e. The second-order valence-corrected chi connectivity index (χ2v) is 9.75. The molecule has 2 aromatic heterocycles. The van der Waals surface area contributed by atoms with Crippen molar-refractivity contribution in [3.05, 3.63) is 102 Å². The quantitative estimate of drug-likeness (QED) is 0.354. The number of ether oxygens (including phenoxy) is 1. The Hall–Kier alpha value is -4.89. The topological polar surface area (TPSA) is 106 Å². The van der Waals surface area contributed by atoms with E-state index in [1.165, 1.54) is 0 Å². The first-order valence-corrected chi connectivity index (χ1v) is 13.3. The molecule has 0 saturated carbocycles. The zero-order chi connectivity index (χ0) is 26.9. The van der Waals surface area contributed by atoms with Gasteiger partial charge in [-0.2, -0.15) is 0 Å². The highest BCUT2D eigenvalue weighted by Crippen LogP contribution is 2.33. The second kappa shape index (κ2) is 10.3. The minimum absolute atomic E-state index is 0.0871. The lowest BCUT2D eigenvalue weighted by Crippen LogP contribution is -2.36. The van der Waals surface area contributed by atoms with Crippen LogP contribution < -0.4 is 10.2 Å². The van der Waals surface area contributed by atoms with Gasteiger partial charge in [-0.15, -0.1) is 5.10 Å². The Morgan fingerprint density at radius 3 is 2.52 bits per heavy atom. The van der Waals surface area contributed by atoms with Gasteiger partial charge in [0.1, 0.15) is 0 Å². The summed E-state index contributed by atoms with van der Waals surface area (Å²) in [6, 6.07) is 27.9. The summed E-state index contributed by atoms with van der Waals surface area (Å²) in [5, 5.41) is 12.7. The number of hydrogen-bond donors (Lipinski definition) is 1. The van der Waals surface area contributed by atoms with E-state index < -0.39 is 6.17 Å². The summed E-state index contributed by atoms with van der Waals surface area (Å²) in [7, 11) is 0. The van der Waals surface area contributed by atoms with E-state index in [0.29, 0.717) is 18.9 Å². The van der Waals surface area contributed by atoms with E-state index in [0.717, 1.165) is 52.1 Å². The molecule has 9 heteroatoms. The number of carbonyl (C=O) groups is 1. The Balaban J connectivity index is 1.25. The van der Waals surface area contributed by atoms with Gasteiger partial charge < -0.3 is 19.4 Å². The highest BCUT2D eigenvalue weighted by atomic mass is 16.5. The normalized spacial score (nSPS) is 17.3. The van der Waals surface area contributed by atoms with Crippen molar-refractivity contribution in [1.82, 2.24) is 15.2 Å². The third-order valence-corrected chi connectivity index (χ3v) is 7.19. The van der Waals surface area contributed by atoms with E-state index in [1.807, 2.05) is 78.9 Å². The van der Waals surface area contributed by atoms with E-state index >= 15 is 0 Å². The Kier molecular flexibility index (Phi) is 6.25. The molecule has 3 aromatic carbocycles. The number of morpholine rings is 1. The molecule has 4 heterocycles.